The van der Waals surface area contributed by atoms with Crippen molar-refractivity contribution in [3.63, 3.8) is 0 Å². The third-order valence-corrected chi connectivity index (χ3v) is 4.49. The van der Waals surface area contributed by atoms with E-state index in [1.54, 1.807) is 0 Å². The molecule has 19 heavy (non-hydrogen) atoms. The molecule has 1 aliphatic rings. The van der Waals surface area contributed by atoms with Crippen LogP contribution in [-0.4, -0.2) is 16.7 Å². The lowest BCUT2D eigenvalue weighted by molar-refractivity contribution is 0.250. The molecule has 0 amide bonds. The summed E-state index contributed by atoms with van der Waals surface area (Å²) in [5.41, 5.74) is 0.828. The van der Waals surface area contributed by atoms with Crippen LogP contribution < -0.4 is 5.32 Å². The molecule has 0 radical (unpaired) electrons. The van der Waals surface area contributed by atoms with Crippen LogP contribution in [-0.2, 0) is 5.54 Å². The summed E-state index contributed by atoms with van der Waals surface area (Å²) in [6.07, 6.45) is 3.17. The van der Waals surface area contributed by atoms with Gasteiger partial charge in [-0.25, -0.2) is 0 Å². The maximum absolute atomic E-state index is 5.51. The van der Waals surface area contributed by atoms with Crippen molar-refractivity contribution in [1.82, 2.24) is 15.5 Å². The second-order valence-electron chi connectivity index (χ2n) is 4.87. The largest absolute Gasteiger partial charge is 0.337 e. The standard InChI is InChI=1S/C14H16BrN3O/c1-2-14(8-5-9-16-14)13-17-12(18-19-13)10-6-3-4-7-11(10)15/h3-4,6-7,16H,2,5,8-9H2,1H3. The van der Waals surface area contributed by atoms with Crippen molar-refractivity contribution in [2.45, 2.75) is 31.7 Å². The van der Waals surface area contributed by atoms with Gasteiger partial charge < -0.3 is 9.84 Å². The Labute approximate surface area is 120 Å². The monoisotopic (exact) mass is 321 g/mol. The van der Waals surface area contributed by atoms with Crippen molar-refractivity contribution in [3.05, 3.63) is 34.6 Å². The van der Waals surface area contributed by atoms with E-state index < -0.39 is 0 Å². The molecule has 1 aromatic carbocycles. The third kappa shape index (κ3) is 2.21. The molecule has 1 fully saturated rings. The molecular weight excluding hydrogens is 306 g/mol. The molecule has 0 spiro atoms. The van der Waals surface area contributed by atoms with E-state index >= 15 is 0 Å². The molecule has 1 saturated heterocycles. The summed E-state index contributed by atoms with van der Waals surface area (Å²) in [7, 11) is 0. The van der Waals surface area contributed by atoms with Gasteiger partial charge in [0.1, 0.15) is 0 Å². The lowest BCUT2D eigenvalue weighted by Crippen LogP contribution is -2.36. The van der Waals surface area contributed by atoms with Crippen molar-refractivity contribution in [2.75, 3.05) is 6.54 Å². The van der Waals surface area contributed by atoms with E-state index in [0.29, 0.717) is 11.7 Å². The molecular formula is C14H16BrN3O. The minimum Gasteiger partial charge on any atom is -0.337 e. The first-order chi connectivity index (χ1) is 9.25. The Bertz CT molecular complexity index is 576. The molecule has 0 saturated carbocycles. The van der Waals surface area contributed by atoms with Crippen molar-refractivity contribution in [3.8, 4) is 11.4 Å². The van der Waals surface area contributed by atoms with E-state index in [9.17, 15) is 0 Å². The Balaban J connectivity index is 1.98. The van der Waals surface area contributed by atoms with Gasteiger partial charge in [0.25, 0.3) is 0 Å². The normalized spacial score (nSPS) is 22.8. The summed E-state index contributed by atoms with van der Waals surface area (Å²) in [5, 5.41) is 7.64. The van der Waals surface area contributed by atoms with Crippen molar-refractivity contribution in [2.24, 2.45) is 0 Å². The van der Waals surface area contributed by atoms with Gasteiger partial charge >= 0.3 is 0 Å². The van der Waals surface area contributed by atoms with E-state index in [-0.39, 0.29) is 5.54 Å². The van der Waals surface area contributed by atoms with Gasteiger partial charge in [0.05, 0.1) is 5.54 Å². The number of hydrogen-bond acceptors (Lipinski definition) is 4. The lowest BCUT2D eigenvalue weighted by atomic mass is 9.94. The summed E-state index contributed by atoms with van der Waals surface area (Å²) in [6.45, 7) is 3.17. The Morgan fingerprint density at radius 3 is 2.95 bits per heavy atom. The van der Waals surface area contributed by atoms with Crippen LogP contribution in [0.3, 0.4) is 0 Å². The Hall–Kier alpha value is -1.20. The molecule has 1 atom stereocenters. The predicted octanol–water partition coefficient (Wildman–Crippen LogP) is 3.49. The Morgan fingerprint density at radius 2 is 2.26 bits per heavy atom. The zero-order valence-corrected chi connectivity index (χ0v) is 12.4. The molecule has 3 rings (SSSR count). The summed E-state index contributed by atoms with van der Waals surface area (Å²) < 4.78 is 6.49. The molecule has 1 aromatic heterocycles. The SMILES string of the molecule is CCC1(c2nc(-c3ccccc3Br)no2)CCCN1. The van der Waals surface area contributed by atoms with E-state index in [4.69, 9.17) is 4.52 Å². The van der Waals surface area contributed by atoms with Crippen LogP contribution >= 0.6 is 15.9 Å². The summed E-state index contributed by atoms with van der Waals surface area (Å²) in [4.78, 5) is 4.60. The zero-order chi connectivity index (χ0) is 13.3. The lowest BCUT2D eigenvalue weighted by Gasteiger charge is -2.22. The fourth-order valence-electron chi connectivity index (χ4n) is 2.61. The van der Waals surface area contributed by atoms with E-state index in [1.165, 1.54) is 0 Å². The van der Waals surface area contributed by atoms with E-state index in [0.717, 1.165) is 35.8 Å². The number of halogens is 1. The van der Waals surface area contributed by atoms with Gasteiger partial charge in [-0.3, -0.25) is 0 Å². The van der Waals surface area contributed by atoms with Gasteiger partial charge in [-0.15, -0.1) is 0 Å². The minimum atomic E-state index is -0.132. The highest BCUT2D eigenvalue weighted by atomic mass is 79.9. The van der Waals surface area contributed by atoms with Crippen LogP contribution in [0.25, 0.3) is 11.4 Å². The molecule has 4 nitrogen and oxygen atoms in total. The fraction of sp³-hybridized carbons (Fsp3) is 0.429. The van der Waals surface area contributed by atoms with Gasteiger partial charge in [-0.05, 0) is 37.9 Å². The number of aromatic nitrogens is 2. The molecule has 100 valence electrons. The molecule has 0 bridgehead atoms. The van der Waals surface area contributed by atoms with E-state index in [1.807, 2.05) is 24.3 Å². The average Bonchev–Trinajstić information content (AvgIpc) is 3.09. The molecule has 1 unspecified atom stereocenters. The van der Waals surface area contributed by atoms with Gasteiger partial charge in [0.2, 0.25) is 11.7 Å². The van der Waals surface area contributed by atoms with Crippen molar-refractivity contribution in [1.29, 1.82) is 0 Å². The second-order valence-corrected chi connectivity index (χ2v) is 5.72. The van der Waals surface area contributed by atoms with Gasteiger partial charge in [-0.1, -0.05) is 40.1 Å². The highest BCUT2D eigenvalue weighted by molar-refractivity contribution is 9.10. The number of benzene rings is 1. The number of nitrogens with zero attached hydrogens (tertiary/aromatic N) is 2. The van der Waals surface area contributed by atoms with E-state index in [2.05, 4.69) is 38.3 Å². The minimum absolute atomic E-state index is 0.132. The smallest absolute Gasteiger partial charge is 0.247 e. The van der Waals surface area contributed by atoms with Gasteiger partial charge in [-0.2, -0.15) is 4.98 Å². The average molecular weight is 322 g/mol. The van der Waals surface area contributed by atoms with Crippen molar-refractivity contribution < 1.29 is 4.52 Å². The Morgan fingerprint density at radius 1 is 1.42 bits per heavy atom. The van der Waals surface area contributed by atoms with Gasteiger partial charge in [0, 0.05) is 10.0 Å². The molecule has 1 aliphatic heterocycles. The van der Waals surface area contributed by atoms with Crippen LogP contribution in [0.2, 0.25) is 0 Å². The van der Waals surface area contributed by atoms with Crippen LogP contribution in [0.1, 0.15) is 32.1 Å². The summed E-state index contributed by atoms with van der Waals surface area (Å²) >= 11 is 3.52. The highest BCUT2D eigenvalue weighted by Crippen LogP contribution is 2.34. The Kier molecular flexibility index (Phi) is 3.41. The van der Waals surface area contributed by atoms with Crippen LogP contribution in [0.5, 0.6) is 0 Å². The fourth-order valence-corrected chi connectivity index (χ4v) is 3.07. The first-order valence-electron chi connectivity index (χ1n) is 6.59. The quantitative estimate of drug-likeness (QED) is 0.940. The zero-order valence-electron chi connectivity index (χ0n) is 10.8. The number of rotatable bonds is 3. The predicted molar refractivity (Wildman–Crippen MR) is 76.6 cm³/mol. The number of nitrogens with one attached hydrogen (secondary N) is 1. The van der Waals surface area contributed by atoms with Crippen LogP contribution in [0, 0.1) is 0 Å². The highest BCUT2D eigenvalue weighted by Gasteiger charge is 2.39. The first-order valence-corrected chi connectivity index (χ1v) is 7.38. The maximum Gasteiger partial charge on any atom is 0.247 e. The molecule has 0 aliphatic carbocycles. The molecule has 5 heteroatoms. The van der Waals surface area contributed by atoms with Crippen molar-refractivity contribution >= 4 is 15.9 Å². The summed E-state index contributed by atoms with van der Waals surface area (Å²) in [5.74, 6) is 1.35. The number of hydrogen-bond donors (Lipinski definition) is 1. The third-order valence-electron chi connectivity index (χ3n) is 3.80. The molecule has 2 aromatic rings. The first kappa shape index (κ1) is 12.8. The topological polar surface area (TPSA) is 51.0 Å². The summed E-state index contributed by atoms with van der Waals surface area (Å²) in [6, 6.07) is 7.91. The molecule has 1 N–H and O–H groups in total. The van der Waals surface area contributed by atoms with Crippen LogP contribution in [0.15, 0.2) is 33.3 Å². The second kappa shape index (κ2) is 5.06. The van der Waals surface area contributed by atoms with Crippen LogP contribution in [0.4, 0.5) is 0 Å². The molecule has 2 heterocycles. The maximum atomic E-state index is 5.51. The van der Waals surface area contributed by atoms with Gasteiger partial charge in [0.15, 0.2) is 0 Å².